The van der Waals surface area contributed by atoms with Crippen LogP contribution in [0.4, 0.5) is 0 Å². The first kappa shape index (κ1) is 16.9. The van der Waals surface area contributed by atoms with Crippen molar-refractivity contribution in [3.05, 3.63) is 53.2 Å². The second-order valence-corrected chi connectivity index (χ2v) is 6.87. The van der Waals surface area contributed by atoms with Crippen LogP contribution in [0.2, 0.25) is 0 Å². The largest absolute Gasteiger partial charge is 0.507 e. The zero-order valence-corrected chi connectivity index (χ0v) is 15.1. The third kappa shape index (κ3) is 3.28. The molecule has 134 valence electrons. The molecule has 3 aromatic rings. The molecule has 0 saturated carbocycles. The number of nitrogens with one attached hydrogen (secondary N) is 1. The first-order valence-electron chi connectivity index (χ1n) is 9.02. The van der Waals surface area contributed by atoms with E-state index in [1.54, 1.807) is 6.07 Å². The molecule has 2 N–H and O–H groups in total. The van der Waals surface area contributed by atoms with Crippen LogP contribution < -0.4 is 5.32 Å². The fourth-order valence-corrected chi connectivity index (χ4v) is 3.52. The van der Waals surface area contributed by atoms with Gasteiger partial charge < -0.3 is 15.2 Å². The summed E-state index contributed by atoms with van der Waals surface area (Å²) in [6, 6.07) is 11.8. The van der Waals surface area contributed by atoms with Crippen LogP contribution in [-0.4, -0.2) is 34.8 Å². The fourth-order valence-electron chi connectivity index (χ4n) is 3.52. The highest BCUT2D eigenvalue weighted by Crippen LogP contribution is 2.33. The lowest BCUT2D eigenvalue weighted by molar-refractivity contribution is 0.0641. The van der Waals surface area contributed by atoms with Crippen molar-refractivity contribution in [2.45, 2.75) is 26.4 Å². The molecule has 5 nitrogen and oxygen atoms in total. The normalized spacial score (nSPS) is 18.0. The maximum absolute atomic E-state index is 10.4. The molecular weight excluding hydrogens is 326 g/mol. The van der Waals surface area contributed by atoms with E-state index in [2.05, 4.69) is 11.4 Å². The zero-order valence-electron chi connectivity index (χ0n) is 15.1. The lowest BCUT2D eigenvalue weighted by Crippen LogP contribution is -2.20. The van der Waals surface area contributed by atoms with E-state index in [9.17, 15) is 5.11 Å². The Labute approximate surface area is 153 Å². The molecule has 4 rings (SSSR count). The molecule has 0 aliphatic carbocycles. The number of ether oxygens (including phenoxy) is 1. The number of fused-ring (bicyclic) bond motifs is 1. The molecule has 3 heterocycles. The zero-order chi connectivity index (χ0) is 18.1. The van der Waals surface area contributed by atoms with Crippen LogP contribution in [0.15, 0.2) is 36.4 Å². The quantitative estimate of drug-likeness (QED) is 0.739. The van der Waals surface area contributed by atoms with E-state index in [4.69, 9.17) is 14.7 Å². The van der Waals surface area contributed by atoms with Gasteiger partial charge in [0.25, 0.3) is 0 Å². The van der Waals surface area contributed by atoms with E-state index in [0.29, 0.717) is 5.65 Å². The van der Waals surface area contributed by atoms with Crippen molar-refractivity contribution in [2.75, 3.05) is 19.7 Å². The van der Waals surface area contributed by atoms with Gasteiger partial charge in [-0.2, -0.15) is 0 Å². The number of pyridine rings is 2. The summed E-state index contributed by atoms with van der Waals surface area (Å²) in [4.78, 5) is 9.47. The van der Waals surface area contributed by atoms with Crippen LogP contribution in [-0.2, 0) is 4.74 Å². The highest BCUT2D eigenvalue weighted by Gasteiger charge is 2.17. The van der Waals surface area contributed by atoms with Crippen LogP contribution >= 0.6 is 0 Å². The Bertz CT molecular complexity index is 924. The first-order chi connectivity index (χ1) is 12.6. The Morgan fingerprint density at radius 1 is 1.12 bits per heavy atom. The van der Waals surface area contributed by atoms with Crippen LogP contribution in [0.5, 0.6) is 5.75 Å². The van der Waals surface area contributed by atoms with Crippen molar-refractivity contribution in [1.82, 2.24) is 15.3 Å². The summed E-state index contributed by atoms with van der Waals surface area (Å²) in [5.74, 6) is 0.252. The van der Waals surface area contributed by atoms with E-state index in [0.717, 1.165) is 59.6 Å². The molecule has 0 unspecified atom stereocenters. The Balaban J connectivity index is 1.76. The number of phenolic OH excluding ortho intramolecular Hbond substituents is 1. The predicted octanol–water partition coefficient (Wildman–Crippen LogP) is 3.67. The Morgan fingerprint density at radius 2 is 1.96 bits per heavy atom. The number of aromatic hydroxyl groups is 1. The highest BCUT2D eigenvalue weighted by atomic mass is 16.5. The predicted molar refractivity (Wildman–Crippen MR) is 102 cm³/mol. The molecule has 1 aliphatic heterocycles. The number of benzene rings is 1. The monoisotopic (exact) mass is 349 g/mol. The second-order valence-electron chi connectivity index (χ2n) is 6.87. The molecule has 26 heavy (non-hydrogen) atoms. The van der Waals surface area contributed by atoms with Gasteiger partial charge in [-0.1, -0.05) is 6.07 Å². The summed E-state index contributed by atoms with van der Waals surface area (Å²) < 4.78 is 5.91. The molecular formula is C21H23N3O2. The second kappa shape index (κ2) is 7.02. The summed E-state index contributed by atoms with van der Waals surface area (Å²) in [5, 5.41) is 14.8. The van der Waals surface area contributed by atoms with Crippen molar-refractivity contribution >= 4 is 11.0 Å². The lowest BCUT2D eigenvalue weighted by Gasteiger charge is -2.15. The lowest BCUT2D eigenvalue weighted by atomic mass is 10.0. The molecule has 1 fully saturated rings. The summed E-state index contributed by atoms with van der Waals surface area (Å²) in [7, 11) is 0. The topological polar surface area (TPSA) is 67.3 Å². The van der Waals surface area contributed by atoms with E-state index < -0.39 is 0 Å². The van der Waals surface area contributed by atoms with Crippen molar-refractivity contribution < 1.29 is 9.84 Å². The van der Waals surface area contributed by atoms with Gasteiger partial charge in [0.1, 0.15) is 11.9 Å². The average Bonchev–Trinajstić information content (AvgIpc) is 2.89. The summed E-state index contributed by atoms with van der Waals surface area (Å²) >= 11 is 0. The fraction of sp³-hybridized carbons (Fsp3) is 0.333. The number of rotatable bonds is 2. The van der Waals surface area contributed by atoms with Gasteiger partial charge in [0, 0.05) is 24.1 Å². The summed E-state index contributed by atoms with van der Waals surface area (Å²) in [6.07, 6.45) is 0.959. The average molecular weight is 349 g/mol. The van der Waals surface area contributed by atoms with Gasteiger partial charge in [-0.25, -0.2) is 9.97 Å². The van der Waals surface area contributed by atoms with Crippen molar-refractivity contribution in [3.63, 3.8) is 0 Å². The van der Waals surface area contributed by atoms with Crippen molar-refractivity contribution in [3.8, 4) is 17.0 Å². The molecule has 0 amide bonds. The van der Waals surface area contributed by atoms with Crippen LogP contribution in [0.25, 0.3) is 22.3 Å². The number of aromatic nitrogens is 2. The SMILES string of the molecule is Cc1cc(C)c(-c2ccc3ccc([C@H]4CNCCCO4)nc3n2)c(O)c1. The van der Waals surface area contributed by atoms with E-state index in [1.807, 2.05) is 38.1 Å². The molecule has 1 saturated heterocycles. The number of hydrogen-bond donors (Lipinski definition) is 2. The van der Waals surface area contributed by atoms with Crippen LogP contribution in [0, 0.1) is 13.8 Å². The van der Waals surface area contributed by atoms with Gasteiger partial charge in [0.05, 0.1) is 11.4 Å². The Hall–Kier alpha value is -2.50. The number of nitrogens with zero attached hydrogens (tertiary/aromatic N) is 2. The van der Waals surface area contributed by atoms with Crippen LogP contribution in [0.3, 0.4) is 0 Å². The van der Waals surface area contributed by atoms with Gasteiger partial charge in [-0.05, 0) is 68.3 Å². The van der Waals surface area contributed by atoms with E-state index in [-0.39, 0.29) is 11.9 Å². The third-order valence-electron chi connectivity index (χ3n) is 4.77. The molecule has 1 atom stereocenters. The Morgan fingerprint density at radius 3 is 2.81 bits per heavy atom. The molecule has 1 aliphatic rings. The minimum Gasteiger partial charge on any atom is -0.507 e. The molecule has 5 heteroatoms. The van der Waals surface area contributed by atoms with Crippen LogP contribution in [0.1, 0.15) is 29.3 Å². The van der Waals surface area contributed by atoms with E-state index >= 15 is 0 Å². The standard InChI is InChI=1S/C21H23N3O2/c1-13-10-14(2)20(18(25)11-13)17-7-5-15-4-6-16(23-21(15)24-17)19-12-22-8-3-9-26-19/h4-7,10-11,19,22,25H,3,8-9,12H2,1-2H3/t19-/m1/s1. The first-order valence-corrected chi connectivity index (χ1v) is 9.02. The molecule has 0 bridgehead atoms. The molecule has 0 spiro atoms. The smallest absolute Gasteiger partial charge is 0.160 e. The van der Waals surface area contributed by atoms with Gasteiger partial charge >= 0.3 is 0 Å². The highest BCUT2D eigenvalue weighted by molar-refractivity contribution is 5.81. The maximum atomic E-state index is 10.4. The number of aryl methyl sites for hydroxylation is 2. The number of hydrogen-bond acceptors (Lipinski definition) is 5. The minimum absolute atomic E-state index is 0.0538. The van der Waals surface area contributed by atoms with Gasteiger partial charge in [-0.15, -0.1) is 0 Å². The van der Waals surface area contributed by atoms with E-state index in [1.165, 1.54) is 0 Å². The summed E-state index contributed by atoms with van der Waals surface area (Å²) in [6.45, 7) is 6.43. The van der Waals surface area contributed by atoms with Gasteiger partial charge in [0.2, 0.25) is 0 Å². The van der Waals surface area contributed by atoms with Crippen molar-refractivity contribution in [1.29, 1.82) is 0 Å². The maximum Gasteiger partial charge on any atom is 0.160 e. The Kier molecular flexibility index (Phi) is 4.57. The van der Waals surface area contributed by atoms with Gasteiger partial charge in [0.15, 0.2) is 5.65 Å². The summed E-state index contributed by atoms with van der Waals surface area (Å²) in [5.41, 5.74) is 5.09. The minimum atomic E-state index is -0.0538. The van der Waals surface area contributed by atoms with Gasteiger partial charge in [-0.3, -0.25) is 0 Å². The number of phenols is 1. The third-order valence-corrected chi connectivity index (χ3v) is 4.77. The molecule has 2 aromatic heterocycles. The van der Waals surface area contributed by atoms with Crippen molar-refractivity contribution in [2.24, 2.45) is 0 Å². The molecule has 0 radical (unpaired) electrons. The molecule has 1 aromatic carbocycles.